The van der Waals surface area contributed by atoms with E-state index in [0.29, 0.717) is 23.1 Å². The molecule has 1 atom stereocenters. The van der Waals surface area contributed by atoms with E-state index < -0.39 is 6.04 Å². The van der Waals surface area contributed by atoms with Crippen LogP contribution in [-0.2, 0) is 0 Å². The second-order valence-electron chi connectivity index (χ2n) is 6.92. The SMILES string of the molecule is COc1ccc(-c2cc(C(=O)N[C@H](C)c3nc(-c4cccc(C)c4)no3)[nH]n2)cc1. The number of ether oxygens (including phenoxy) is 1. The molecule has 4 rings (SSSR count). The first kappa shape index (κ1) is 19.4. The normalized spacial score (nSPS) is 11.8. The molecule has 0 unspecified atom stereocenters. The van der Waals surface area contributed by atoms with Gasteiger partial charge in [-0.3, -0.25) is 9.89 Å². The van der Waals surface area contributed by atoms with Crippen molar-refractivity contribution in [3.8, 4) is 28.4 Å². The summed E-state index contributed by atoms with van der Waals surface area (Å²) >= 11 is 0. The lowest BCUT2D eigenvalue weighted by Crippen LogP contribution is -2.27. The number of carbonyl (C=O) groups is 1. The molecule has 8 heteroatoms. The van der Waals surface area contributed by atoms with Gasteiger partial charge in [-0.05, 0) is 50.2 Å². The summed E-state index contributed by atoms with van der Waals surface area (Å²) in [6.07, 6.45) is 0. The second-order valence-corrected chi connectivity index (χ2v) is 6.92. The number of aromatic nitrogens is 4. The summed E-state index contributed by atoms with van der Waals surface area (Å²) in [5.41, 5.74) is 3.84. The van der Waals surface area contributed by atoms with E-state index in [1.807, 2.05) is 55.5 Å². The number of methoxy groups -OCH3 is 1. The predicted molar refractivity (Wildman–Crippen MR) is 111 cm³/mol. The molecular formula is C22H21N5O3. The summed E-state index contributed by atoms with van der Waals surface area (Å²) < 4.78 is 10.5. The molecule has 0 aliphatic heterocycles. The molecule has 0 aliphatic carbocycles. The molecule has 30 heavy (non-hydrogen) atoms. The molecule has 0 saturated carbocycles. The molecule has 2 heterocycles. The van der Waals surface area contributed by atoms with Crippen LogP contribution in [0.25, 0.3) is 22.6 Å². The molecule has 8 nitrogen and oxygen atoms in total. The maximum absolute atomic E-state index is 12.6. The minimum Gasteiger partial charge on any atom is -0.497 e. The van der Waals surface area contributed by atoms with Crippen molar-refractivity contribution in [1.29, 1.82) is 0 Å². The largest absolute Gasteiger partial charge is 0.497 e. The van der Waals surface area contributed by atoms with Crippen LogP contribution < -0.4 is 10.1 Å². The summed E-state index contributed by atoms with van der Waals surface area (Å²) in [4.78, 5) is 17.0. The summed E-state index contributed by atoms with van der Waals surface area (Å²) in [6.45, 7) is 3.78. The van der Waals surface area contributed by atoms with Gasteiger partial charge in [-0.25, -0.2) is 0 Å². The fourth-order valence-electron chi connectivity index (χ4n) is 3.00. The van der Waals surface area contributed by atoms with Gasteiger partial charge >= 0.3 is 0 Å². The van der Waals surface area contributed by atoms with Crippen molar-refractivity contribution in [2.75, 3.05) is 7.11 Å². The van der Waals surface area contributed by atoms with Crippen LogP contribution in [-0.4, -0.2) is 33.4 Å². The van der Waals surface area contributed by atoms with Crippen LogP contribution >= 0.6 is 0 Å². The highest BCUT2D eigenvalue weighted by Gasteiger charge is 2.19. The van der Waals surface area contributed by atoms with Crippen LogP contribution in [0.5, 0.6) is 5.75 Å². The van der Waals surface area contributed by atoms with E-state index in [2.05, 4.69) is 25.7 Å². The predicted octanol–water partition coefficient (Wildman–Crippen LogP) is 3.93. The van der Waals surface area contributed by atoms with Crippen LogP contribution in [0.3, 0.4) is 0 Å². The summed E-state index contributed by atoms with van der Waals surface area (Å²) in [6, 6.07) is 16.5. The van der Waals surface area contributed by atoms with Crippen LogP contribution in [0.2, 0.25) is 0 Å². The third kappa shape index (κ3) is 4.07. The molecule has 0 aliphatic rings. The van der Waals surface area contributed by atoms with Gasteiger partial charge in [0, 0.05) is 11.1 Å². The number of aryl methyl sites for hydroxylation is 1. The Labute approximate surface area is 173 Å². The number of nitrogens with zero attached hydrogens (tertiary/aromatic N) is 3. The number of amides is 1. The molecule has 4 aromatic rings. The topological polar surface area (TPSA) is 106 Å². The van der Waals surface area contributed by atoms with E-state index in [9.17, 15) is 4.79 Å². The maximum Gasteiger partial charge on any atom is 0.269 e. The van der Waals surface area contributed by atoms with Crippen molar-refractivity contribution in [3.63, 3.8) is 0 Å². The lowest BCUT2D eigenvalue weighted by molar-refractivity contribution is 0.0927. The summed E-state index contributed by atoms with van der Waals surface area (Å²) in [5.74, 6) is 1.25. The third-order valence-electron chi connectivity index (χ3n) is 4.64. The summed E-state index contributed by atoms with van der Waals surface area (Å²) in [7, 11) is 1.61. The van der Waals surface area contributed by atoms with Gasteiger partial charge in [-0.1, -0.05) is 28.9 Å². The van der Waals surface area contributed by atoms with Gasteiger partial charge < -0.3 is 14.6 Å². The Morgan fingerprint density at radius 3 is 2.67 bits per heavy atom. The molecule has 0 fully saturated rings. The van der Waals surface area contributed by atoms with Crippen molar-refractivity contribution in [2.45, 2.75) is 19.9 Å². The van der Waals surface area contributed by atoms with Crippen molar-refractivity contribution in [1.82, 2.24) is 25.7 Å². The van der Waals surface area contributed by atoms with Gasteiger partial charge in [0.2, 0.25) is 11.7 Å². The van der Waals surface area contributed by atoms with Crippen LogP contribution in [0, 0.1) is 6.92 Å². The maximum atomic E-state index is 12.6. The molecule has 0 bridgehead atoms. The fourth-order valence-corrected chi connectivity index (χ4v) is 3.00. The Balaban J connectivity index is 1.44. The smallest absolute Gasteiger partial charge is 0.269 e. The minimum atomic E-state index is -0.462. The minimum absolute atomic E-state index is 0.315. The van der Waals surface area contributed by atoms with Gasteiger partial charge in [0.25, 0.3) is 5.91 Å². The molecule has 152 valence electrons. The highest BCUT2D eigenvalue weighted by Crippen LogP contribution is 2.22. The molecule has 1 amide bonds. The lowest BCUT2D eigenvalue weighted by atomic mass is 10.1. The van der Waals surface area contributed by atoms with Gasteiger partial charge in [-0.2, -0.15) is 10.1 Å². The first-order chi connectivity index (χ1) is 14.5. The number of aromatic amines is 1. The summed E-state index contributed by atoms with van der Waals surface area (Å²) in [5, 5.41) is 13.8. The van der Waals surface area contributed by atoms with E-state index in [-0.39, 0.29) is 5.91 Å². The van der Waals surface area contributed by atoms with E-state index >= 15 is 0 Å². The van der Waals surface area contributed by atoms with E-state index in [1.165, 1.54) is 0 Å². The van der Waals surface area contributed by atoms with Crippen molar-refractivity contribution in [2.24, 2.45) is 0 Å². The average Bonchev–Trinajstić information content (AvgIpc) is 3.44. The Bertz CT molecular complexity index is 1160. The van der Waals surface area contributed by atoms with Crippen molar-refractivity contribution >= 4 is 5.91 Å². The van der Waals surface area contributed by atoms with Gasteiger partial charge in [0.05, 0.1) is 12.8 Å². The lowest BCUT2D eigenvalue weighted by Gasteiger charge is -2.07. The number of hydrogen-bond donors (Lipinski definition) is 2. The zero-order chi connectivity index (χ0) is 21.1. The van der Waals surface area contributed by atoms with E-state index in [0.717, 1.165) is 22.4 Å². The van der Waals surface area contributed by atoms with Gasteiger partial charge in [-0.15, -0.1) is 0 Å². The number of benzene rings is 2. The number of hydrogen-bond acceptors (Lipinski definition) is 6. The van der Waals surface area contributed by atoms with E-state index in [1.54, 1.807) is 20.1 Å². The van der Waals surface area contributed by atoms with Crippen LogP contribution in [0.4, 0.5) is 0 Å². The standard InChI is InChI=1S/C22H21N5O3/c1-13-5-4-6-16(11-13)20-24-22(30-27-20)14(2)23-21(28)19-12-18(25-26-19)15-7-9-17(29-3)10-8-15/h4-12,14H,1-3H3,(H,23,28)(H,25,26)/t14-/m1/s1. The molecule has 2 N–H and O–H groups in total. The number of rotatable bonds is 6. The third-order valence-corrected chi connectivity index (χ3v) is 4.64. The van der Waals surface area contributed by atoms with Crippen LogP contribution in [0.15, 0.2) is 59.1 Å². The Kier molecular flexibility index (Phi) is 5.30. The zero-order valence-electron chi connectivity index (χ0n) is 16.8. The van der Waals surface area contributed by atoms with Crippen molar-refractivity contribution < 1.29 is 14.1 Å². The highest BCUT2D eigenvalue weighted by molar-refractivity contribution is 5.93. The van der Waals surface area contributed by atoms with Gasteiger partial charge in [0.1, 0.15) is 17.5 Å². The molecule has 0 radical (unpaired) electrons. The molecular weight excluding hydrogens is 382 g/mol. The second kappa shape index (κ2) is 8.20. The fraction of sp³-hybridized carbons (Fsp3) is 0.182. The van der Waals surface area contributed by atoms with E-state index in [4.69, 9.17) is 9.26 Å². The highest BCUT2D eigenvalue weighted by atomic mass is 16.5. The first-order valence-electron chi connectivity index (χ1n) is 9.45. The number of H-pyrrole nitrogens is 1. The van der Waals surface area contributed by atoms with Crippen molar-refractivity contribution in [3.05, 3.63) is 71.7 Å². The zero-order valence-corrected chi connectivity index (χ0v) is 16.8. The monoisotopic (exact) mass is 403 g/mol. The average molecular weight is 403 g/mol. The molecule has 0 saturated heterocycles. The molecule has 2 aromatic carbocycles. The Morgan fingerprint density at radius 1 is 1.13 bits per heavy atom. The Hall–Kier alpha value is -3.94. The quantitative estimate of drug-likeness (QED) is 0.505. The number of carbonyl (C=O) groups excluding carboxylic acids is 1. The Morgan fingerprint density at radius 2 is 1.93 bits per heavy atom. The van der Waals surface area contributed by atoms with Gasteiger partial charge in [0.15, 0.2) is 0 Å². The first-order valence-corrected chi connectivity index (χ1v) is 9.45. The van der Waals surface area contributed by atoms with Crippen LogP contribution in [0.1, 0.15) is 34.9 Å². The molecule has 2 aromatic heterocycles. The number of nitrogens with one attached hydrogen (secondary N) is 2. The molecule has 0 spiro atoms.